The minimum Gasteiger partial charge on any atom is -0.365 e. The minimum absolute atomic E-state index is 0.143. The molecular weight excluding hydrogens is 288 g/mol. The van der Waals surface area contributed by atoms with Crippen LogP contribution in [0.25, 0.3) is 0 Å². The molecule has 0 saturated carbocycles. The Morgan fingerprint density at radius 3 is 2.52 bits per heavy atom. The van der Waals surface area contributed by atoms with Crippen molar-refractivity contribution in [3.05, 3.63) is 40.9 Å². The van der Waals surface area contributed by atoms with Crippen molar-refractivity contribution in [3.8, 4) is 0 Å². The van der Waals surface area contributed by atoms with E-state index >= 15 is 0 Å². The zero-order valence-corrected chi connectivity index (χ0v) is 12.6. The van der Waals surface area contributed by atoms with Crippen LogP contribution in [-0.4, -0.2) is 23.8 Å². The van der Waals surface area contributed by atoms with Gasteiger partial charge in [-0.25, -0.2) is 4.98 Å². The number of hydrogen-bond donors (Lipinski definition) is 3. The summed E-state index contributed by atoms with van der Waals surface area (Å²) in [5.41, 5.74) is 2.01. The lowest BCUT2D eigenvalue weighted by molar-refractivity contribution is -0.114. The molecule has 1 heterocycles. The molecule has 0 aliphatic heterocycles. The average molecular weight is 304 g/mol. The number of benzene rings is 1. The SMILES string of the molecule is CNc1nc(CNC(=O)c2ccc(NC(C)=O)cc2)cs1. The van der Waals surface area contributed by atoms with E-state index in [0.717, 1.165) is 10.8 Å². The van der Waals surface area contributed by atoms with Crippen LogP contribution in [0.5, 0.6) is 0 Å². The molecule has 110 valence electrons. The first kappa shape index (κ1) is 15.0. The van der Waals surface area contributed by atoms with Gasteiger partial charge in [-0.05, 0) is 24.3 Å². The molecule has 0 aliphatic carbocycles. The van der Waals surface area contributed by atoms with Crippen LogP contribution in [0, 0.1) is 0 Å². The fourth-order valence-electron chi connectivity index (χ4n) is 1.68. The molecule has 0 fully saturated rings. The van der Waals surface area contributed by atoms with Gasteiger partial charge in [-0.3, -0.25) is 9.59 Å². The highest BCUT2D eigenvalue weighted by molar-refractivity contribution is 7.13. The lowest BCUT2D eigenvalue weighted by Gasteiger charge is -2.05. The first-order valence-corrected chi connectivity index (χ1v) is 7.24. The Hall–Kier alpha value is -2.41. The summed E-state index contributed by atoms with van der Waals surface area (Å²) in [7, 11) is 1.80. The predicted molar refractivity (Wildman–Crippen MR) is 83.6 cm³/mol. The number of amides is 2. The van der Waals surface area contributed by atoms with Gasteiger partial charge in [-0.1, -0.05) is 0 Å². The normalized spacial score (nSPS) is 10.0. The first-order valence-electron chi connectivity index (χ1n) is 6.36. The molecule has 2 aromatic rings. The second kappa shape index (κ2) is 6.85. The Labute approximate surface area is 126 Å². The van der Waals surface area contributed by atoms with Gasteiger partial charge < -0.3 is 16.0 Å². The first-order chi connectivity index (χ1) is 10.1. The molecule has 0 aliphatic rings. The van der Waals surface area contributed by atoms with Crippen LogP contribution in [0.3, 0.4) is 0 Å². The number of hydrogen-bond acceptors (Lipinski definition) is 5. The molecule has 0 bridgehead atoms. The second-order valence-electron chi connectivity index (χ2n) is 4.34. The molecule has 1 aromatic carbocycles. The van der Waals surface area contributed by atoms with Crippen LogP contribution >= 0.6 is 11.3 Å². The van der Waals surface area contributed by atoms with Gasteiger partial charge in [0.15, 0.2) is 5.13 Å². The van der Waals surface area contributed by atoms with Crippen LogP contribution in [0.15, 0.2) is 29.6 Å². The number of carbonyl (C=O) groups excluding carboxylic acids is 2. The smallest absolute Gasteiger partial charge is 0.251 e. The maximum absolute atomic E-state index is 12.0. The molecule has 0 unspecified atom stereocenters. The van der Waals surface area contributed by atoms with E-state index in [0.29, 0.717) is 17.8 Å². The van der Waals surface area contributed by atoms with Crippen molar-refractivity contribution in [2.45, 2.75) is 13.5 Å². The van der Waals surface area contributed by atoms with E-state index < -0.39 is 0 Å². The third-order valence-electron chi connectivity index (χ3n) is 2.66. The lowest BCUT2D eigenvalue weighted by atomic mass is 10.2. The van der Waals surface area contributed by atoms with Crippen molar-refractivity contribution in [1.82, 2.24) is 10.3 Å². The molecule has 6 nitrogen and oxygen atoms in total. The Bertz CT molecular complexity index is 637. The number of rotatable bonds is 5. The molecular formula is C14H16N4O2S. The number of aromatic nitrogens is 1. The highest BCUT2D eigenvalue weighted by atomic mass is 32.1. The fourth-order valence-corrected chi connectivity index (χ4v) is 2.36. The van der Waals surface area contributed by atoms with Crippen molar-refractivity contribution in [2.75, 3.05) is 17.7 Å². The minimum atomic E-state index is -0.177. The summed E-state index contributed by atoms with van der Waals surface area (Å²) in [5, 5.41) is 11.1. The van der Waals surface area contributed by atoms with Crippen molar-refractivity contribution in [2.24, 2.45) is 0 Å². The number of nitrogens with one attached hydrogen (secondary N) is 3. The third kappa shape index (κ3) is 4.28. The molecule has 3 N–H and O–H groups in total. The number of carbonyl (C=O) groups is 2. The van der Waals surface area contributed by atoms with E-state index in [9.17, 15) is 9.59 Å². The van der Waals surface area contributed by atoms with E-state index in [1.807, 2.05) is 5.38 Å². The Morgan fingerprint density at radius 2 is 1.95 bits per heavy atom. The van der Waals surface area contributed by atoms with Gasteiger partial charge in [0.1, 0.15) is 0 Å². The number of nitrogens with zero attached hydrogens (tertiary/aromatic N) is 1. The third-order valence-corrected chi connectivity index (χ3v) is 3.57. The van der Waals surface area contributed by atoms with Gasteiger partial charge in [0, 0.05) is 30.6 Å². The van der Waals surface area contributed by atoms with E-state index in [4.69, 9.17) is 0 Å². The summed E-state index contributed by atoms with van der Waals surface area (Å²) < 4.78 is 0. The van der Waals surface area contributed by atoms with Gasteiger partial charge >= 0.3 is 0 Å². The molecule has 21 heavy (non-hydrogen) atoms. The topological polar surface area (TPSA) is 83.1 Å². The van der Waals surface area contributed by atoms with Crippen LogP contribution in [0.2, 0.25) is 0 Å². The standard InChI is InChI=1S/C14H16N4O2S/c1-9(19)17-11-5-3-10(4-6-11)13(20)16-7-12-8-21-14(15-2)18-12/h3-6,8H,7H2,1-2H3,(H,15,18)(H,16,20)(H,17,19). The van der Waals surface area contributed by atoms with Gasteiger partial charge in [-0.2, -0.15) is 0 Å². The summed E-state index contributed by atoms with van der Waals surface area (Å²) in [6.45, 7) is 1.82. The van der Waals surface area contributed by atoms with E-state index in [1.165, 1.54) is 18.3 Å². The largest absolute Gasteiger partial charge is 0.365 e. The van der Waals surface area contributed by atoms with Crippen molar-refractivity contribution < 1.29 is 9.59 Å². The maximum atomic E-state index is 12.0. The van der Waals surface area contributed by atoms with Gasteiger partial charge in [0.25, 0.3) is 5.91 Å². The number of thiazole rings is 1. The zero-order chi connectivity index (χ0) is 15.2. The van der Waals surface area contributed by atoms with Gasteiger partial charge in [-0.15, -0.1) is 11.3 Å². The monoisotopic (exact) mass is 304 g/mol. The average Bonchev–Trinajstić information content (AvgIpc) is 2.93. The number of anilines is 2. The van der Waals surface area contributed by atoms with Crippen molar-refractivity contribution in [1.29, 1.82) is 0 Å². The Kier molecular flexibility index (Phi) is 4.89. The van der Waals surface area contributed by atoms with Crippen LogP contribution in [-0.2, 0) is 11.3 Å². The second-order valence-corrected chi connectivity index (χ2v) is 5.19. The predicted octanol–water partition coefficient (Wildman–Crippen LogP) is 2.07. The Balaban J connectivity index is 1.92. The summed E-state index contributed by atoms with van der Waals surface area (Å²) in [6, 6.07) is 6.72. The van der Waals surface area contributed by atoms with Gasteiger partial charge in [0.2, 0.25) is 5.91 Å². The molecule has 0 spiro atoms. The lowest BCUT2D eigenvalue weighted by Crippen LogP contribution is -2.22. The quantitative estimate of drug-likeness (QED) is 0.789. The molecule has 7 heteroatoms. The van der Waals surface area contributed by atoms with Crippen molar-refractivity contribution in [3.63, 3.8) is 0 Å². The molecule has 2 amide bonds. The molecule has 0 atom stereocenters. The van der Waals surface area contributed by atoms with Crippen LogP contribution in [0.4, 0.5) is 10.8 Å². The summed E-state index contributed by atoms with van der Waals surface area (Å²) in [4.78, 5) is 27.2. The summed E-state index contributed by atoms with van der Waals surface area (Å²) in [5.74, 6) is -0.320. The summed E-state index contributed by atoms with van der Waals surface area (Å²) in [6.07, 6.45) is 0. The zero-order valence-electron chi connectivity index (χ0n) is 11.8. The highest BCUT2D eigenvalue weighted by Crippen LogP contribution is 2.14. The van der Waals surface area contributed by atoms with Crippen LogP contribution < -0.4 is 16.0 Å². The molecule has 1 aromatic heterocycles. The maximum Gasteiger partial charge on any atom is 0.251 e. The molecule has 0 radical (unpaired) electrons. The van der Waals surface area contributed by atoms with Crippen molar-refractivity contribution >= 4 is 34.0 Å². The fraction of sp³-hybridized carbons (Fsp3) is 0.214. The van der Waals surface area contributed by atoms with E-state index in [-0.39, 0.29) is 11.8 Å². The van der Waals surface area contributed by atoms with Gasteiger partial charge in [0.05, 0.1) is 12.2 Å². The van der Waals surface area contributed by atoms with Crippen LogP contribution in [0.1, 0.15) is 23.0 Å². The summed E-state index contributed by atoms with van der Waals surface area (Å²) >= 11 is 1.49. The molecule has 2 rings (SSSR count). The molecule has 0 saturated heterocycles. The Morgan fingerprint density at radius 1 is 1.24 bits per heavy atom. The highest BCUT2D eigenvalue weighted by Gasteiger charge is 2.07. The van der Waals surface area contributed by atoms with E-state index in [1.54, 1.807) is 31.3 Å². The van der Waals surface area contributed by atoms with E-state index in [2.05, 4.69) is 20.9 Å².